The minimum absolute atomic E-state index is 0.0289. The normalized spacial score (nSPS) is 16.7. The van der Waals surface area contributed by atoms with Gasteiger partial charge in [0.05, 0.1) is 11.8 Å². The summed E-state index contributed by atoms with van der Waals surface area (Å²) in [5.41, 5.74) is 0. The quantitative estimate of drug-likeness (QED) is 0.743. The molecule has 1 fully saturated rings. The lowest BCUT2D eigenvalue weighted by Crippen LogP contribution is -2.16. The van der Waals surface area contributed by atoms with E-state index < -0.39 is 11.9 Å². The molecule has 0 aromatic heterocycles. The maximum atomic E-state index is 10.4. The zero-order chi connectivity index (χ0) is 11.8. The average Bonchev–Trinajstić information content (AvgIpc) is 2.20. The maximum Gasteiger partial charge on any atom is 0.306 e. The number of hydrogen-bond acceptors (Lipinski definition) is 2. The van der Waals surface area contributed by atoms with Crippen LogP contribution in [-0.2, 0) is 9.59 Å². The van der Waals surface area contributed by atoms with E-state index in [2.05, 4.69) is 0 Å². The van der Waals surface area contributed by atoms with E-state index in [0.29, 0.717) is 0 Å². The summed E-state index contributed by atoms with van der Waals surface area (Å²) in [5.74, 6) is -1.60. The van der Waals surface area contributed by atoms with Crippen LogP contribution in [0.5, 0.6) is 0 Å². The minimum atomic E-state index is -0.741. The van der Waals surface area contributed by atoms with Crippen molar-refractivity contribution in [2.24, 2.45) is 11.8 Å². The van der Waals surface area contributed by atoms with Gasteiger partial charge in [0.1, 0.15) is 0 Å². The van der Waals surface area contributed by atoms with E-state index in [1.165, 1.54) is 6.42 Å². The lowest BCUT2D eigenvalue weighted by Gasteiger charge is -2.16. The van der Waals surface area contributed by atoms with Crippen molar-refractivity contribution >= 4 is 11.9 Å². The van der Waals surface area contributed by atoms with Crippen LogP contribution in [0.25, 0.3) is 0 Å². The van der Waals surface area contributed by atoms with Crippen LogP contribution < -0.4 is 0 Å². The van der Waals surface area contributed by atoms with Crippen molar-refractivity contribution in [2.45, 2.75) is 46.0 Å². The van der Waals surface area contributed by atoms with Gasteiger partial charge >= 0.3 is 11.9 Å². The monoisotopic (exact) mass is 216 g/mol. The van der Waals surface area contributed by atoms with Crippen LogP contribution >= 0.6 is 0 Å². The Labute approximate surface area is 90.3 Å². The van der Waals surface area contributed by atoms with Crippen molar-refractivity contribution in [3.8, 4) is 0 Å². The molecule has 1 aliphatic carbocycles. The van der Waals surface area contributed by atoms with Crippen molar-refractivity contribution in [1.82, 2.24) is 0 Å². The Hall–Kier alpha value is -1.06. The van der Waals surface area contributed by atoms with Crippen LogP contribution in [0, 0.1) is 11.8 Å². The Balaban J connectivity index is 0.000000288. The van der Waals surface area contributed by atoms with Gasteiger partial charge in [0, 0.05) is 0 Å². The summed E-state index contributed by atoms with van der Waals surface area (Å²) >= 11 is 0. The third kappa shape index (κ3) is 6.94. The van der Waals surface area contributed by atoms with Gasteiger partial charge in [0.15, 0.2) is 0 Å². The van der Waals surface area contributed by atoms with E-state index in [-0.39, 0.29) is 11.8 Å². The van der Waals surface area contributed by atoms with Gasteiger partial charge in [-0.25, -0.2) is 0 Å². The molecule has 1 aliphatic rings. The first-order valence-electron chi connectivity index (χ1n) is 5.40. The second kappa shape index (κ2) is 7.26. The van der Waals surface area contributed by atoms with E-state index in [0.717, 1.165) is 25.7 Å². The first-order valence-corrected chi connectivity index (χ1v) is 5.40. The van der Waals surface area contributed by atoms with Crippen molar-refractivity contribution in [3.05, 3.63) is 0 Å². The molecule has 0 aromatic carbocycles. The van der Waals surface area contributed by atoms with Gasteiger partial charge in [-0.3, -0.25) is 9.59 Å². The second-order valence-electron chi connectivity index (χ2n) is 4.17. The SMILES string of the molecule is CC(C)C(=O)O.O=C(O)C1CCCCC1. The number of hydrogen-bond donors (Lipinski definition) is 2. The Bertz CT molecular complexity index is 205. The zero-order valence-electron chi connectivity index (χ0n) is 9.40. The smallest absolute Gasteiger partial charge is 0.306 e. The molecular formula is C11H20O4. The highest BCUT2D eigenvalue weighted by Gasteiger charge is 2.19. The van der Waals surface area contributed by atoms with Gasteiger partial charge in [-0.15, -0.1) is 0 Å². The molecule has 4 heteroatoms. The summed E-state index contributed by atoms with van der Waals surface area (Å²) in [5, 5.41) is 16.5. The lowest BCUT2D eigenvalue weighted by molar-refractivity contribution is -0.143. The molecule has 4 nitrogen and oxygen atoms in total. The fourth-order valence-electron chi connectivity index (χ4n) is 1.35. The van der Waals surface area contributed by atoms with Crippen LogP contribution in [0.15, 0.2) is 0 Å². The molecule has 0 unspecified atom stereocenters. The summed E-state index contributed by atoms with van der Waals surface area (Å²) in [4.78, 5) is 20.1. The Morgan fingerprint density at radius 2 is 1.47 bits per heavy atom. The predicted molar refractivity (Wildman–Crippen MR) is 56.7 cm³/mol. The summed E-state index contributed by atoms with van der Waals surface area (Å²) < 4.78 is 0. The Morgan fingerprint density at radius 3 is 1.67 bits per heavy atom. The molecule has 15 heavy (non-hydrogen) atoms. The second-order valence-corrected chi connectivity index (χ2v) is 4.17. The van der Waals surface area contributed by atoms with Gasteiger partial charge in [-0.1, -0.05) is 33.1 Å². The van der Waals surface area contributed by atoms with Crippen molar-refractivity contribution < 1.29 is 19.8 Å². The van der Waals surface area contributed by atoms with E-state index in [1.54, 1.807) is 13.8 Å². The lowest BCUT2D eigenvalue weighted by atomic mass is 9.90. The standard InChI is InChI=1S/C7H12O2.C4H8O2/c8-7(9)6-4-2-1-3-5-6;1-3(2)4(5)6/h6H,1-5H2,(H,8,9);3H,1-2H3,(H,5,6). The molecule has 0 heterocycles. The molecule has 0 saturated heterocycles. The summed E-state index contributed by atoms with van der Waals surface area (Å²) in [7, 11) is 0. The number of aliphatic carboxylic acids is 2. The predicted octanol–water partition coefficient (Wildman–Crippen LogP) is 2.38. The van der Waals surface area contributed by atoms with E-state index in [9.17, 15) is 9.59 Å². The maximum absolute atomic E-state index is 10.4. The molecule has 0 aromatic rings. The number of carboxylic acids is 2. The highest BCUT2D eigenvalue weighted by molar-refractivity contribution is 5.70. The van der Waals surface area contributed by atoms with Crippen LogP contribution in [0.3, 0.4) is 0 Å². The van der Waals surface area contributed by atoms with Crippen LogP contribution in [-0.4, -0.2) is 22.2 Å². The molecule has 0 aliphatic heterocycles. The average molecular weight is 216 g/mol. The molecule has 2 N–H and O–H groups in total. The topological polar surface area (TPSA) is 74.6 Å². The van der Waals surface area contributed by atoms with Gasteiger partial charge < -0.3 is 10.2 Å². The van der Waals surface area contributed by atoms with E-state index in [1.807, 2.05) is 0 Å². The number of carboxylic acid groups (broad SMARTS) is 2. The van der Waals surface area contributed by atoms with E-state index >= 15 is 0 Å². The molecule has 0 atom stereocenters. The zero-order valence-corrected chi connectivity index (χ0v) is 9.40. The molecule has 0 radical (unpaired) electrons. The van der Waals surface area contributed by atoms with Crippen LogP contribution in [0.4, 0.5) is 0 Å². The van der Waals surface area contributed by atoms with Crippen LogP contribution in [0.2, 0.25) is 0 Å². The van der Waals surface area contributed by atoms with E-state index in [4.69, 9.17) is 10.2 Å². The van der Waals surface area contributed by atoms with Crippen molar-refractivity contribution in [2.75, 3.05) is 0 Å². The molecule has 0 spiro atoms. The molecule has 1 rings (SSSR count). The van der Waals surface area contributed by atoms with Crippen LogP contribution in [0.1, 0.15) is 46.0 Å². The summed E-state index contributed by atoms with van der Waals surface area (Å²) in [6.07, 6.45) is 5.24. The number of rotatable bonds is 2. The summed E-state index contributed by atoms with van der Waals surface area (Å²) in [6.45, 7) is 3.28. The molecule has 1 saturated carbocycles. The highest BCUT2D eigenvalue weighted by Crippen LogP contribution is 2.23. The molecule has 0 bridgehead atoms. The molecular weight excluding hydrogens is 196 g/mol. The van der Waals surface area contributed by atoms with Crippen molar-refractivity contribution in [3.63, 3.8) is 0 Å². The van der Waals surface area contributed by atoms with Gasteiger partial charge in [0.2, 0.25) is 0 Å². The van der Waals surface area contributed by atoms with Gasteiger partial charge in [-0.05, 0) is 12.8 Å². The largest absolute Gasteiger partial charge is 0.481 e. The third-order valence-electron chi connectivity index (χ3n) is 2.45. The fourth-order valence-corrected chi connectivity index (χ4v) is 1.35. The summed E-state index contributed by atoms with van der Waals surface area (Å²) in [6, 6.07) is 0. The molecule has 88 valence electrons. The highest BCUT2D eigenvalue weighted by atomic mass is 16.4. The number of carbonyl (C=O) groups is 2. The Kier molecular flexibility index (Phi) is 6.75. The first-order chi connectivity index (χ1) is 6.95. The molecule has 0 amide bonds. The first kappa shape index (κ1) is 13.9. The minimum Gasteiger partial charge on any atom is -0.481 e. The van der Waals surface area contributed by atoms with Gasteiger partial charge in [-0.2, -0.15) is 0 Å². The van der Waals surface area contributed by atoms with Gasteiger partial charge in [0.25, 0.3) is 0 Å². The Morgan fingerprint density at radius 1 is 1.07 bits per heavy atom. The fraction of sp³-hybridized carbons (Fsp3) is 0.818. The third-order valence-corrected chi connectivity index (χ3v) is 2.45. The van der Waals surface area contributed by atoms with Crippen molar-refractivity contribution in [1.29, 1.82) is 0 Å².